The highest BCUT2D eigenvalue weighted by Crippen LogP contribution is 2.34. The summed E-state index contributed by atoms with van der Waals surface area (Å²) in [4.78, 5) is 28.2. The minimum Gasteiger partial charge on any atom is -0.387 e. The first-order chi connectivity index (χ1) is 14.6. The van der Waals surface area contributed by atoms with Crippen molar-refractivity contribution in [2.24, 2.45) is 0 Å². The molecule has 0 aliphatic carbocycles. The second-order valence-corrected chi connectivity index (χ2v) is 6.88. The van der Waals surface area contributed by atoms with Gasteiger partial charge in [-0.05, 0) is 11.6 Å². The first-order valence-corrected chi connectivity index (χ1v) is 9.62. The lowest BCUT2D eigenvalue weighted by Gasteiger charge is -2.12. The number of carbonyl (C=O) groups excluding carboxylic acids is 2. The fourth-order valence-electron chi connectivity index (χ4n) is 3.33. The minimum atomic E-state index is -0.893. The lowest BCUT2D eigenvalue weighted by atomic mass is 10.1. The molecule has 30 heavy (non-hydrogen) atoms. The van der Waals surface area contributed by atoms with E-state index >= 15 is 0 Å². The number of anilines is 1. The first-order valence-electron chi connectivity index (χ1n) is 9.62. The lowest BCUT2D eigenvalue weighted by molar-refractivity contribution is -0.136. The molecule has 4 N–H and O–H groups in total. The number of nitrogens with one attached hydrogen (secondary N) is 3. The summed E-state index contributed by atoms with van der Waals surface area (Å²) in [5, 5.41) is 16.2. The maximum atomic E-state index is 12.6. The second-order valence-electron chi connectivity index (χ2n) is 6.88. The molecule has 6 heteroatoms. The summed E-state index contributed by atoms with van der Waals surface area (Å²) in [6.07, 6.45) is -0.893. The first kappa shape index (κ1) is 19.4. The number of aliphatic hydroxyl groups excluding tert-OH is 1. The van der Waals surface area contributed by atoms with Gasteiger partial charge < -0.3 is 20.7 Å². The Hall–Kier alpha value is -3.90. The summed E-state index contributed by atoms with van der Waals surface area (Å²) in [5.74, 6) is -1.61. The van der Waals surface area contributed by atoms with Crippen molar-refractivity contribution >= 4 is 28.4 Å². The topological polar surface area (TPSA) is 94.2 Å². The van der Waals surface area contributed by atoms with Gasteiger partial charge in [0.05, 0.1) is 17.5 Å². The van der Waals surface area contributed by atoms with E-state index in [0.29, 0.717) is 11.3 Å². The molecule has 3 aromatic carbocycles. The Bertz CT molecular complexity index is 1170. The number of hydrogen-bond acceptors (Lipinski definition) is 3. The van der Waals surface area contributed by atoms with E-state index in [0.717, 1.165) is 22.2 Å². The van der Waals surface area contributed by atoms with Crippen molar-refractivity contribution in [1.82, 2.24) is 10.3 Å². The fourth-order valence-corrected chi connectivity index (χ4v) is 3.33. The third kappa shape index (κ3) is 4.09. The van der Waals surface area contributed by atoms with Crippen LogP contribution in [-0.2, 0) is 9.59 Å². The minimum absolute atomic E-state index is 0.0598. The number of hydrogen-bond donors (Lipinski definition) is 4. The molecule has 1 aromatic heterocycles. The molecule has 4 aromatic rings. The number of para-hydroxylation sites is 1. The average molecular weight is 399 g/mol. The molecular weight excluding hydrogens is 378 g/mol. The number of carbonyl (C=O) groups is 2. The Morgan fingerprint density at radius 3 is 2.20 bits per heavy atom. The van der Waals surface area contributed by atoms with Gasteiger partial charge in [-0.3, -0.25) is 9.59 Å². The van der Waals surface area contributed by atoms with E-state index in [1.54, 1.807) is 24.3 Å². The van der Waals surface area contributed by atoms with Crippen molar-refractivity contribution < 1.29 is 14.7 Å². The largest absolute Gasteiger partial charge is 0.387 e. The summed E-state index contributed by atoms with van der Waals surface area (Å²) in [5.41, 5.74) is 3.68. The van der Waals surface area contributed by atoms with Crippen molar-refractivity contribution in [3.8, 4) is 11.3 Å². The number of aromatic amines is 1. The molecule has 1 atom stereocenters. The van der Waals surface area contributed by atoms with Gasteiger partial charge in [0.25, 0.3) is 0 Å². The number of H-pyrrole nitrogens is 1. The van der Waals surface area contributed by atoms with Crippen LogP contribution in [0.3, 0.4) is 0 Å². The van der Waals surface area contributed by atoms with Crippen molar-refractivity contribution in [1.29, 1.82) is 0 Å². The van der Waals surface area contributed by atoms with Crippen LogP contribution < -0.4 is 10.6 Å². The summed E-state index contributed by atoms with van der Waals surface area (Å²) in [7, 11) is 0. The van der Waals surface area contributed by atoms with Gasteiger partial charge in [-0.25, -0.2) is 0 Å². The summed E-state index contributed by atoms with van der Waals surface area (Å²) >= 11 is 0. The fraction of sp³-hybridized carbons (Fsp3) is 0.0833. The predicted octanol–water partition coefficient (Wildman–Crippen LogP) is 3.62. The van der Waals surface area contributed by atoms with Crippen molar-refractivity contribution in [2.75, 3.05) is 11.9 Å². The van der Waals surface area contributed by atoms with E-state index < -0.39 is 17.9 Å². The lowest BCUT2D eigenvalue weighted by Crippen LogP contribution is -2.37. The van der Waals surface area contributed by atoms with E-state index in [9.17, 15) is 14.7 Å². The molecule has 0 fully saturated rings. The van der Waals surface area contributed by atoms with Crippen LogP contribution >= 0.6 is 0 Å². The van der Waals surface area contributed by atoms with E-state index in [1.165, 1.54) is 0 Å². The Morgan fingerprint density at radius 1 is 0.833 bits per heavy atom. The molecule has 6 nitrogen and oxygen atoms in total. The SMILES string of the molecule is O=C(NC[C@@H](O)c1ccccc1)C(=O)Nc1c(-c2ccccc2)[nH]c2ccccc12. The van der Waals surface area contributed by atoms with Gasteiger partial charge in [0.15, 0.2) is 0 Å². The molecule has 4 rings (SSSR count). The van der Waals surface area contributed by atoms with Gasteiger partial charge in [0.2, 0.25) is 0 Å². The summed E-state index contributed by atoms with van der Waals surface area (Å²) < 4.78 is 0. The zero-order valence-corrected chi connectivity index (χ0v) is 16.1. The molecule has 0 unspecified atom stereocenters. The molecule has 150 valence electrons. The van der Waals surface area contributed by atoms with Crippen LogP contribution in [0.15, 0.2) is 84.9 Å². The molecule has 0 aliphatic rings. The molecule has 0 aliphatic heterocycles. The molecule has 0 spiro atoms. The van der Waals surface area contributed by atoms with Crippen LogP contribution in [-0.4, -0.2) is 28.4 Å². The third-order valence-electron chi connectivity index (χ3n) is 4.85. The van der Waals surface area contributed by atoms with Gasteiger partial charge in [0, 0.05) is 23.0 Å². The number of aromatic nitrogens is 1. The molecule has 1 heterocycles. The zero-order valence-electron chi connectivity index (χ0n) is 16.1. The maximum Gasteiger partial charge on any atom is 0.313 e. The highest BCUT2D eigenvalue weighted by molar-refractivity contribution is 6.40. The smallest absolute Gasteiger partial charge is 0.313 e. The number of amides is 2. The number of benzene rings is 3. The summed E-state index contributed by atoms with van der Waals surface area (Å²) in [6, 6.07) is 26.1. The Kier molecular flexibility index (Phi) is 5.59. The molecule has 0 saturated carbocycles. The van der Waals surface area contributed by atoms with Crippen molar-refractivity contribution in [3.63, 3.8) is 0 Å². The van der Waals surface area contributed by atoms with Crippen LogP contribution in [0.25, 0.3) is 22.2 Å². The van der Waals surface area contributed by atoms with Crippen LogP contribution in [0.1, 0.15) is 11.7 Å². The van der Waals surface area contributed by atoms with Gasteiger partial charge in [-0.1, -0.05) is 78.9 Å². The Balaban J connectivity index is 1.52. The Morgan fingerprint density at radius 2 is 1.47 bits per heavy atom. The van der Waals surface area contributed by atoms with Gasteiger partial charge >= 0.3 is 11.8 Å². The maximum absolute atomic E-state index is 12.6. The molecular formula is C24H21N3O3. The van der Waals surface area contributed by atoms with Crippen molar-refractivity contribution in [3.05, 3.63) is 90.5 Å². The van der Waals surface area contributed by atoms with Crippen LogP contribution in [0.2, 0.25) is 0 Å². The van der Waals surface area contributed by atoms with Crippen molar-refractivity contribution in [2.45, 2.75) is 6.10 Å². The van der Waals surface area contributed by atoms with E-state index in [4.69, 9.17) is 0 Å². The molecule has 2 amide bonds. The van der Waals surface area contributed by atoms with E-state index in [2.05, 4.69) is 15.6 Å². The van der Waals surface area contributed by atoms with Crippen LogP contribution in [0.4, 0.5) is 5.69 Å². The highest BCUT2D eigenvalue weighted by Gasteiger charge is 2.20. The molecule has 0 saturated heterocycles. The normalized spacial score (nSPS) is 11.8. The number of rotatable bonds is 5. The third-order valence-corrected chi connectivity index (χ3v) is 4.85. The number of fused-ring (bicyclic) bond motifs is 1. The number of aliphatic hydroxyl groups is 1. The standard InChI is InChI=1S/C24H21N3O3/c28-20(16-9-3-1-4-10-16)15-25-23(29)24(30)27-22-18-13-7-8-14-19(18)26-21(22)17-11-5-2-6-12-17/h1-14,20,26,28H,15H2,(H,25,29)(H,27,30)/t20-/m1/s1. The van der Waals surface area contributed by atoms with Crippen LogP contribution in [0.5, 0.6) is 0 Å². The van der Waals surface area contributed by atoms with Gasteiger partial charge in [-0.15, -0.1) is 0 Å². The monoisotopic (exact) mass is 399 g/mol. The van der Waals surface area contributed by atoms with Gasteiger partial charge in [-0.2, -0.15) is 0 Å². The molecule has 0 bridgehead atoms. The Labute approximate surface area is 173 Å². The predicted molar refractivity (Wildman–Crippen MR) is 117 cm³/mol. The zero-order chi connectivity index (χ0) is 20.9. The summed E-state index contributed by atoms with van der Waals surface area (Å²) in [6.45, 7) is -0.0598. The molecule has 0 radical (unpaired) electrons. The van der Waals surface area contributed by atoms with Crippen LogP contribution in [0, 0.1) is 0 Å². The second kappa shape index (κ2) is 8.63. The average Bonchev–Trinajstić information content (AvgIpc) is 3.16. The quantitative estimate of drug-likeness (QED) is 0.386. The van der Waals surface area contributed by atoms with E-state index in [-0.39, 0.29) is 6.54 Å². The highest BCUT2D eigenvalue weighted by atomic mass is 16.3. The van der Waals surface area contributed by atoms with E-state index in [1.807, 2.05) is 60.7 Å². The van der Waals surface area contributed by atoms with Gasteiger partial charge in [0.1, 0.15) is 0 Å².